The molecule has 0 bridgehead atoms. The molecule has 1 aromatic rings. The number of esters is 1. The van der Waals surface area contributed by atoms with Crippen LogP contribution >= 0.6 is 0 Å². The summed E-state index contributed by atoms with van der Waals surface area (Å²) in [6, 6.07) is 7.09. The number of benzene rings is 1. The van der Waals surface area contributed by atoms with E-state index in [9.17, 15) is 9.18 Å². The van der Waals surface area contributed by atoms with Crippen LogP contribution in [0.5, 0.6) is 0 Å². The predicted molar refractivity (Wildman–Crippen MR) is 77.0 cm³/mol. The molecule has 0 saturated heterocycles. The molecule has 2 nitrogen and oxygen atoms in total. The van der Waals surface area contributed by atoms with Gasteiger partial charge in [-0.05, 0) is 62.5 Å². The van der Waals surface area contributed by atoms with Crippen LogP contribution in [-0.2, 0) is 9.53 Å². The van der Waals surface area contributed by atoms with E-state index < -0.39 is 0 Å². The van der Waals surface area contributed by atoms with Gasteiger partial charge in [0.15, 0.2) is 0 Å². The Labute approximate surface area is 120 Å². The monoisotopic (exact) mass is 278 g/mol. The smallest absolute Gasteiger partial charge is 0.305 e. The molecule has 0 spiro atoms. The molecule has 1 fully saturated rings. The molecule has 0 aliphatic heterocycles. The van der Waals surface area contributed by atoms with Crippen molar-refractivity contribution in [1.82, 2.24) is 0 Å². The van der Waals surface area contributed by atoms with E-state index >= 15 is 0 Å². The van der Waals surface area contributed by atoms with Crippen molar-refractivity contribution < 1.29 is 13.9 Å². The van der Waals surface area contributed by atoms with Crippen molar-refractivity contribution in [2.24, 2.45) is 5.92 Å². The Kier molecular flexibility index (Phi) is 5.57. The van der Waals surface area contributed by atoms with Gasteiger partial charge in [-0.15, -0.1) is 0 Å². The molecule has 110 valence electrons. The average molecular weight is 278 g/mol. The molecule has 1 aliphatic rings. The molecule has 0 N–H and O–H groups in total. The van der Waals surface area contributed by atoms with Gasteiger partial charge in [-0.2, -0.15) is 0 Å². The van der Waals surface area contributed by atoms with Gasteiger partial charge in [-0.1, -0.05) is 18.2 Å². The van der Waals surface area contributed by atoms with Crippen molar-refractivity contribution in [3.8, 4) is 0 Å². The van der Waals surface area contributed by atoms with Gasteiger partial charge in [0, 0.05) is 6.42 Å². The molecule has 0 amide bonds. The average Bonchev–Trinajstić information content (AvgIpc) is 2.47. The highest BCUT2D eigenvalue weighted by Gasteiger charge is 2.24. The van der Waals surface area contributed by atoms with E-state index in [0.29, 0.717) is 24.9 Å². The molecule has 1 aliphatic carbocycles. The van der Waals surface area contributed by atoms with Gasteiger partial charge in [-0.25, -0.2) is 4.39 Å². The molecule has 0 unspecified atom stereocenters. The van der Waals surface area contributed by atoms with Crippen molar-refractivity contribution >= 4 is 5.97 Å². The number of carbonyl (C=O) groups is 1. The summed E-state index contributed by atoms with van der Waals surface area (Å²) in [6.07, 6.45) is 5.63. The van der Waals surface area contributed by atoms with Crippen molar-refractivity contribution in [3.63, 3.8) is 0 Å². The maximum absolute atomic E-state index is 13.7. The lowest BCUT2D eigenvalue weighted by Crippen LogP contribution is -2.16. The third kappa shape index (κ3) is 4.06. The Morgan fingerprint density at radius 1 is 1.25 bits per heavy atom. The van der Waals surface area contributed by atoms with Crippen LogP contribution in [0.15, 0.2) is 24.3 Å². The number of carbonyl (C=O) groups excluding carboxylic acids is 1. The summed E-state index contributed by atoms with van der Waals surface area (Å²) in [5, 5.41) is 0. The fraction of sp³-hybridized carbons (Fsp3) is 0.588. The molecule has 20 heavy (non-hydrogen) atoms. The van der Waals surface area contributed by atoms with Crippen LogP contribution in [0.2, 0.25) is 0 Å². The summed E-state index contributed by atoms with van der Waals surface area (Å²) < 4.78 is 18.7. The Hall–Kier alpha value is -1.38. The zero-order valence-corrected chi connectivity index (χ0v) is 12.1. The summed E-state index contributed by atoms with van der Waals surface area (Å²) >= 11 is 0. The molecule has 0 aromatic heterocycles. The first kappa shape index (κ1) is 15.0. The molecule has 1 saturated carbocycles. The lowest BCUT2D eigenvalue weighted by atomic mass is 9.77. The zero-order chi connectivity index (χ0) is 14.4. The third-order valence-corrected chi connectivity index (χ3v) is 4.25. The van der Waals surface area contributed by atoms with Crippen LogP contribution in [-0.4, -0.2) is 12.6 Å². The Bertz CT molecular complexity index is 436. The maximum atomic E-state index is 13.7. The van der Waals surface area contributed by atoms with E-state index in [1.54, 1.807) is 12.1 Å². The van der Waals surface area contributed by atoms with Gasteiger partial charge < -0.3 is 4.74 Å². The largest absolute Gasteiger partial charge is 0.466 e. The number of hydrogen-bond acceptors (Lipinski definition) is 2. The first-order chi connectivity index (χ1) is 9.70. The van der Waals surface area contributed by atoms with Crippen molar-refractivity contribution in [2.45, 2.75) is 51.4 Å². The van der Waals surface area contributed by atoms with Gasteiger partial charge in [-0.3, -0.25) is 4.79 Å². The molecule has 1 aromatic carbocycles. The normalized spacial score (nSPS) is 22.5. The molecule has 0 atom stereocenters. The number of ether oxygens (including phenoxy) is 1. The number of halogens is 1. The summed E-state index contributed by atoms with van der Waals surface area (Å²) in [4.78, 5) is 11.3. The summed E-state index contributed by atoms with van der Waals surface area (Å²) in [5.74, 6) is 0.753. The van der Waals surface area contributed by atoms with Gasteiger partial charge >= 0.3 is 5.97 Å². The second-order valence-electron chi connectivity index (χ2n) is 5.58. The Morgan fingerprint density at radius 2 is 1.95 bits per heavy atom. The second-order valence-corrected chi connectivity index (χ2v) is 5.58. The maximum Gasteiger partial charge on any atom is 0.305 e. The summed E-state index contributed by atoms with van der Waals surface area (Å²) in [7, 11) is 0. The molecular formula is C17H23FO2. The zero-order valence-electron chi connectivity index (χ0n) is 12.1. The molecule has 0 heterocycles. The SMILES string of the molecule is CCOC(=O)CCC1CCC(c2ccccc2F)CC1. The van der Waals surface area contributed by atoms with Crippen molar-refractivity contribution in [2.75, 3.05) is 6.61 Å². The minimum atomic E-state index is -0.0938. The second kappa shape index (κ2) is 7.41. The highest BCUT2D eigenvalue weighted by molar-refractivity contribution is 5.69. The molecular weight excluding hydrogens is 255 g/mol. The topological polar surface area (TPSA) is 26.3 Å². The Balaban J connectivity index is 1.78. The lowest BCUT2D eigenvalue weighted by Gasteiger charge is -2.28. The molecule has 3 heteroatoms. The van der Waals surface area contributed by atoms with E-state index in [2.05, 4.69) is 0 Å². The standard InChI is InChI=1S/C17H23FO2/c1-2-20-17(19)12-9-13-7-10-14(11-8-13)15-5-3-4-6-16(15)18/h3-6,13-14H,2,7-12H2,1H3. The van der Waals surface area contributed by atoms with E-state index in [1.165, 1.54) is 0 Å². The quantitative estimate of drug-likeness (QED) is 0.744. The van der Waals surface area contributed by atoms with Gasteiger partial charge in [0.1, 0.15) is 5.82 Å². The van der Waals surface area contributed by atoms with Crippen molar-refractivity contribution in [1.29, 1.82) is 0 Å². The minimum absolute atomic E-state index is 0.0810. The van der Waals surface area contributed by atoms with Gasteiger partial charge in [0.2, 0.25) is 0 Å². The lowest BCUT2D eigenvalue weighted by molar-refractivity contribution is -0.143. The van der Waals surface area contributed by atoms with Crippen LogP contribution in [0, 0.1) is 11.7 Å². The Morgan fingerprint density at radius 3 is 2.60 bits per heavy atom. The third-order valence-electron chi connectivity index (χ3n) is 4.25. The van der Waals surface area contributed by atoms with E-state index in [-0.39, 0.29) is 11.8 Å². The van der Waals surface area contributed by atoms with E-state index in [4.69, 9.17) is 4.74 Å². The first-order valence-electron chi connectivity index (χ1n) is 7.60. The highest BCUT2D eigenvalue weighted by atomic mass is 19.1. The fourth-order valence-electron chi connectivity index (χ4n) is 3.12. The van der Waals surface area contributed by atoms with Crippen LogP contribution in [0.25, 0.3) is 0 Å². The van der Waals surface area contributed by atoms with Crippen LogP contribution in [0.3, 0.4) is 0 Å². The molecule has 2 rings (SSSR count). The minimum Gasteiger partial charge on any atom is -0.466 e. The van der Waals surface area contributed by atoms with Gasteiger partial charge in [0.25, 0.3) is 0 Å². The van der Waals surface area contributed by atoms with E-state index in [1.807, 2.05) is 19.1 Å². The molecule has 0 radical (unpaired) electrons. The number of hydrogen-bond donors (Lipinski definition) is 0. The summed E-state index contributed by atoms with van der Waals surface area (Å²) in [6.45, 7) is 2.29. The van der Waals surface area contributed by atoms with Crippen LogP contribution in [0.4, 0.5) is 4.39 Å². The number of rotatable bonds is 5. The van der Waals surface area contributed by atoms with Crippen LogP contribution in [0.1, 0.15) is 56.9 Å². The first-order valence-corrected chi connectivity index (χ1v) is 7.60. The predicted octanol–water partition coefficient (Wildman–Crippen LogP) is 4.44. The fourth-order valence-corrected chi connectivity index (χ4v) is 3.12. The summed E-state index contributed by atoms with van der Waals surface area (Å²) in [5.41, 5.74) is 0.858. The van der Waals surface area contributed by atoms with Crippen LogP contribution < -0.4 is 0 Å². The van der Waals surface area contributed by atoms with Crippen molar-refractivity contribution in [3.05, 3.63) is 35.6 Å². The van der Waals surface area contributed by atoms with Gasteiger partial charge in [0.05, 0.1) is 6.61 Å². The van der Waals surface area contributed by atoms with E-state index in [0.717, 1.165) is 37.7 Å². The highest BCUT2D eigenvalue weighted by Crippen LogP contribution is 2.38.